The Bertz CT molecular complexity index is 463. The summed E-state index contributed by atoms with van der Waals surface area (Å²) in [6, 6.07) is 2.30. The second-order valence-electron chi connectivity index (χ2n) is 6.00. The molecule has 4 heteroatoms. The molecule has 0 saturated heterocycles. The summed E-state index contributed by atoms with van der Waals surface area (Å²) >= 11 is 6.10. The van der Waals surface area contributed by atoms with Crippen LogP contribution in [0.25, 0.3) is 0 Å². The summed E-state index contributed by atoms with van der Waals surface area (Å²) in [5.41, 5.74) is 7.17. The number of pyridine rings is 1. The van der Waals surface area contributed by atoms with Crippen molar-refractivity contribution in [2.75, 3.05) is 12.3 Å². The third-order valence-electron chi connectivity index (χ3n) is 4.90. The standard InChI is InChI=1S/C15H22ClN3/c1-2-18-14(12-6-9-3-4-10(12)5-9)13-7-11(16)8-19-15(13)17/h7-10,12,14,18H,2-6H2,1H3,(H2,17,19). The normalized spacial score (nSPS) is 30.7. The fourth-order valence-electron chi connectivity index (χ4n) is 4.13. The van der Waals surface area contributed by atoms with Crippen molar-refractivity contribution in [3.63, 3.8) is 0 Å². The van der Waals surface area contributed by atoms with Gasteiger partial charge in [-0.15, -0.1) is 0 Å². The van der Waals surface area contributed by atoms with Crippen molar-refractivity contribution < 1.29 is 0 Å². The smallest absolute Gasteiger partial charge is 0.128 e. The van der Waals surface area contributed by atoms with E-state index < -0.39 is 0 Å². The fraction of sp³-hybridized carbons (Fsp3) is 0.667. The molecular formula is C15H22ClN3. The summed E-state index contributed by atoms with van der Waals surface area (Å²) in [5.74, 6) is 3.11. The van der Waals surface area contributed by atoms with E-state index in [0.717, 1.165) is 23.9 Å². The number of nitrogens with one attached hydrogen (secondary N) is 1. The van der Waals surface area contributed by atoms with E-state index in [-0.39, 0.29) is 0 Å². The van der Waals surface area contributed by atoms with Crippen LogP contribution in [0.5, 0.6) is 0 Å². The van der Waals surface area contributed by atoms with Gasteiger partial charge in [-0.25, -0.2) is 4.98 Å². The maximum Gasteiger partial charge on any atom is 0.128 e. The molecule has 0 aliphatic heterocycles. The zero-order valence-corrected chi connectivity index (χ0v) is 12.2. The molecule has 19 heavy (non-hydrogen) atoms. The minimum atomic E-state index is 0.312. The first kappa shape index (κ1) is 13.2. The van der Waals surface area contributed by atoms with Crippen molar-refractivity contribution in [2.24, 2.45) is 17.8 Å². The summed E-state index contributed by atoms with van der Waals surface area (Å²) in [6.07, 6.45) is 7.16. The van der Waals surface area contributed by atoms with E-state index in [2.05, 4.69) is 17.2 Å². The lowest BCUT2D eigenvalue weighted by molar-refractivity contribution is 0.253. The highest BCUT2D eigenvalue weighted by Crippen LogP contribution is 2.53. The molecule has 0 aromatic carbocycles. The number of rotatable bonds is 4. The summed E-state index contributed by atoms with van der Waals surface area (Å²) in [7, 11) is 0. The number of hydrogen-bond acceptors (Lipinski definition) is 3. The number of nitrogens with two attached hydrogens (primary N) is 1. The second kappa shape index (κ2) is 5.29. The van der Waals surface area contributed by atoms with Gasteiger partial charge in [0.15, 0.2) is 0 Å². The van der Waals surface area contributed by atoms with Crippen LogP contribution in [0.1, 0.15) is 44.2 Å². The van der Waals surface area contributed by atoms with Crippen LogP contribution in [0, 0.1) is 17.8 Å². The van der Waals surface area contributed by atoms with Gasteiger partial charge in [-0.3, -0.25) is 0 Å². The van der Waals surface area contributed by atoms with Crippen molar-refractivity contribution in [3.05, 3.63) is 22.8 Å². The van der Waals surface area contributed by atoms with Crippen LogP contribution in [0.3, 0.4) is 0 Å². The molecular weight excluding hydrogens is 258 g/mol. The SMILES string of the molecule is CCNC(c1cc(Cl)cnc1N)C1CC2CCC1C2. The average Bonchev–Trinajstić information content (AvgIpc) is 3.01. The van der Waals surface area contributed by atoms with Crippen LogP contribution >= 0.6 is 11.6 Å². The Morgan fingerprint density at radius 2 is 2.32 bits per heavy atom. The van der Waals surface area contributed by atoms with Crippen LogP contribution in [-0.4, -0.2) is 11.5 Å². The van der Waals surface area contributed by atoms with E-state index in [1.165, 1.54) is 25.7 Å². The van der Waals surface area contributed by atoms with Gasteiger partial charge in [0.2, 0.25) is 0 Å². The predicted molar refractivity (Wildman–Crippen MR) is 79.0 cm³/mol. The lowest BCUT2D eigenvalue weighted by Gasteiger charge is -2.32. The molecule has 104 valence electrons. The first-order valence-electron chi connectivity index (χ1n) is 7.33. The van der Waals surface area contributed by atoms with Crippen LogP contribution in [-0.2, 0) is 0 Å². The van der Waals surface area contributed by atoms with Crippen molar-refractivity contribution in [1.82, 2.24) is 10.3 Å². The molecule has 0 radical (unpaired) electrons. The summed E-state index contributed by atoms with van der Waals surface area (Å²) < 4.78 is 0. The van der Waals surface area contributed by atoms with Crippen LogP contribution in [0.2, 0.25) is 5.02 Å². The molecule has 4 atom stereocenters. The van der Waals surface area contributed by atoms with Gasteiger partial charge in [-0.05, 0) is 49.6 Å². The van der Waals surface area contributed by atoms with Gasteiger partial charge in [-0.2, -0.15) is 0 Å². The van der Waals surface area contributed by atoms with Gasteiger partial charge < -0.3 is 11.1 Å². The van der Waals surface area contributed by atoms with Crippen molar-refractivity contribution >= 4 is 17.4 Å². The maximum absolute atomic E-state index is 6.10. The van der Waals surface area contributed by atoms with Crippen LogP contribution < -0.4 is 11.1 Å². The average molecular weight is 280 g/mol. The monoisotopic (exact) mass is 279 g/mol. The Kier molecular flexibility index (Phi) is 3.68. The van der Waals surface area contributed by atoms with Gasteiger partial charge in [0, 0.05) is 17.8 Å². The molecule has 2 aliphatic rings. The van der Waals surface area contributed by atoms with Crippen molar-refractivity contribution in [1.29, 1.82) is 0 Å². The highest BCUT2D eigenvalue weighted by Gasteiger charge is 2.43. The topological polar surface area (TPSA) is 50.9 Å². The molecule has 3 rings (SSSR count). The number of hydrogen-bond donors (Lipinski definition) is 2. The van der Waals surface area contributed by atoms with Gasteiger partial charge in [0.05, 0.1) is 5.02 Å². The molecule has 2 aliphatic carbocycles. The zero-order chi connectivity index (χ0) is 13.4. The van der Waals surface area contributed by atoms with E-state index in [0.29, 0.717) is 22.8 Å². The number of fused-ring (bicyclic) bond motifs is 2. The van der Waals surface area contributed by atoms with Crippen molar-refractivity contribution in [2.45, 2.75) is 38.6 Å². The molecule has 2 fully saturated rings. The molecule has 2 saturated carbocycles. The van der Waals surface area contributed by atoms with Gasteiger partial charge >= 0.3 is 0 Å². The number of anilines is 1. The molecule has 2 bridgehead atoms. The molecule has 0 spiro atoms. The van der Waals surface area contributed by atoms with Gasteiger partial charge in [0.1, 0.15) is 5.82 Å². The predicted octanol–water partition coefficient (Wildman–Crippen LogP) is 3.40. The highest BCUT2D eigenvalue weighted by molar-refractivity contribution is 6.30. The first-order valence-corrected chi connectivity index (χ1v) is 7.71. The quantitative estimate of drug-likeness (QED) is 0.888. The van der Waals surface area contributed by atoms with Crippen LogP contribution in [0.4, 0.5) is 5.82 Å². The Morgan fingerprint density at radius 3 is 2.95 bits per heavy atom. The number of aromatic nitrogens is 1. The van der Waals surface area contributed by atoms with E-state index in [1.807, 2.05) is 6.07 Å². The minimum absolute atomic E-state index is 0.312. The highest BCUT2D eigenvalue weighted by atomic mass is 35.5. The molecule has 1 heterocycles. The van der Waals surface area contributed by atoms with Crippen LogP contribution in [0.15, 0.2) is 12.3 Å². The molecule has 0 amide bonds. The Balaban J connectivity index is 1.90. The fourth-order valence-corrected chi connectivity index (χ4v) is 4.30. The summed E-state index contributed by atoms with van der Waals surface area (Å²) in [4.78, 5) is 4.22. The Morgan fingerprint density at radius 1 is 1.47 bits per heavy atom. The maximum atomic E-state index is 6.10. The minimum Gasteiger partial charge on any atom is -0.383 e. The lowest BCUT2D eigenvalue weighted by atomic mass is 9.80. The Hall–Kier alpha value is -0.800. The number of halogens is 1. The third-order valence-corrected chi connectivity index (χ3v) is 5.10. The largest absolute Gasteiger partial charge is 0.383 e. The van der Waals surface area contributed by atoms with Gasteiger partial charge in [-0.1, -0.05) is 24.9 Å². The number of nitrogen functional groups attached to an aromatic ring is 1. The van der Waals surface area contributed by atoms with E-state index >= 15 is 0 Å². The molecule has 1 aromatic rings. The second-order valence-corrected chi connectivity index (χ2v) is 6.44. The van der Waals surface area contributed by atoms with Crippen molar-refractivity contribution in [3.8, 4) is 0 Å². The van der Waals surface area contributed by atoms with E-state index in [4.69, 9.17) is 17.3 Å². The molecule has 3 nitrogen and oxygen atoms in total. The first-order chi connectivity index (χ1) is 9.19. The number of nitrogens with zero attached hydrogens (tertiary/aromatic N) is 1. The molecule has 1 aromatic heterocycles. The third kappa shape index (κ3) is 2.46. The Labute approximate surface area is 119 Å². The summed E-state index contributed by atoms with van der Waals surface area (Å²) in [6.45, 7) is 3.10. The molecule has 4 unspecified atom stereocenters. The zero-order valence-electron chi connectivity index (χ0n) is 11.4. The summed E-state index contributed by atoms with van der Waals surface area (Å²) in [5, 5.41) is 4.29. The molecule has 3 N–H and O–H groups in total. The van der Waals surface area contributed by atoms with E-state index in [9.17, 15) is 0 Å². The van der Waals surface area contributed by atoms with Gasteiger partial charge in [0.25, 0.3) is 0 Å². The van der Waals surface area contributed by atoms with E-state index in [1.54, 1.807) is 6.20 Å². The lowest BCUT2D eigenvalue weighted by Crippen LogP contribution is -2.32.